The van der Waals surface area contributed by atoms with Gasteiger partial charge in [-0.2, -0.15) is 0 Å². The molecule has 154 valence electrons. The predicted molar refractivity (Wildman–Crippen MR) is 116 cm³/mol. The van der Waals surface area contributed by atoms with Gasteiger partial charge in [0, 0.05) is 28.7 Å². The first kappa shape index (κ1) is 19.5. The minimum Gasteiger partial charge on any atom is -0.489 e. The smallest absolute Gasteiger partial charge is 0.147 e. The van der Waals surface area contributed by atoms with E-state index >= 15 is 0 Å². The maximum absolute atomic E-state index is 10.5. The van der Waals surface area contributed by atoms with E-state index in [2.05, 4.69) is 30.9 Å². The number of hydrogen-bond acceptors (Lipinski definition) is 7. The normalized spacial score (nSPS) is 21.5. The Bertz CT molecular complexity index is 1250. The lowest BCUT2D eigenvalue weighted by Crippen LogP contribution is -2.28. The number of halogens is 2. The van der Waals surface area contributed by atoms with Gasteiger partial charge >= 0.3 is 0 Å². The van der Waals surface area contributed by atoms with Crippen LogP contribution in [0.25, 0.3) is 21.9 Å². The Morgan fingerprint density at radius 3 is 3.03 bits per heavy atom. The van der Waals surface area contributed by atoms with Crippen LogP contribution < -0.4 is 10.5 Å². The molecule has 5 rings (SSSR count). The maximum atomic E-state index is 10.5. The maximum Gasteiger partial charge on any atom is 0.147 e. The van der Waals surface area contributed by atoms with Crippen LogP contribution in [0.3, 0.4) is 0 Å². The zero-order chi connectivity index (χ0) is 20.8. The van der Waals surface area contributed by atoms with E-state index in [4.69, 9.17) is 26.8 Å². The standard InChI is InChI=1S/C20H17BrClN5O3/c21-11-5-10-1-2-14(17(22)18(10)24-7-11)29-8-15-13(28)6-16(30-15)27-4-3-12-19(23)25-9-26-20(12)27/h1-5,7,9,13,15-16,28H,6,8H2,(H2,23,25,26). The lowest BCUT2D eigenvalue weighted by atomic mass is 10.2. The molecule has 3 aromatic heterocycles. The summed E-state index contributed by atoms with van der Waals surface area (Å²) in [5, 5.41) is 12.6. The van der Waals surface area contributed by atoms with E-state index in [9.17, 15) is 5.11 Å². The first-order chi connectivity index (χ1) is 14.5. The topological polar surface area (TPSA) is 108 Å². The number of aromatic nitrogens is 4. The van der Waals surface area contributed by atoms with E-state index in [1.54, 1.807) is 12.3 Å². The molecule has 0 spiro atoms. The fourth-order valence-electron chi connectivity index (χ4n) is 3.66. The average molecular weight is 491 g/mol. The summed E-state index contributed by atoms with van der Waals surface area (Å²) in [6, 6.07) is 7.45. The molecule has 1 aliphatic heterocycles. The van der Waals surface area contributed by atoms with Crippen molar-refractivity contribution in [1.82, 2.24) is 19.5 Å². The van der Waals surface area contributed by atoms with Crippen molar-refractivity contribution < 1.29 is 14.6 Å². The third-order valence-electron chi connectivity index (χ3n) is 5.18. The van der Waals surface area contributed by atoms with Gasteiger partial charge in [-0.15, -0.1) is 0 Å². The summed E-state index contributed by atoms with van der Waals surface area (Å²) < 4.78 is 14.7. The minimum absolute atomic E-state index is 0.149. The van der Waals surface area contributed by atoms with Crippen molar-refractivity contribution >= 4 is 55.3 Å². The number of pyridine rings is 1. The number of benzene rings is 1. The van der Waals surface area contributed by atoms with Crippen LogP contribution in [0.4, 0.5) is 5.82 Å². The molecule has 1 aromatic carbocycles. The van der Waals surface area contributed by atoms with Crippen LogP contribution >= 0.6 is 27.5 Å². The molecule has 3 unspecified atom stereocenters. The SMILES string of the molecule is Nc1ncnc2c1ccn2C1CC(O)C(COc2ccc3cc(Br)cnc3c2Cl)O1. The number of rotatable bonds is 4. The zero-order valence-corrected chi connectivity index (χ0v) is 17.9. The molecule has 0 aliphatic carbocycles. The van der Waals surface area contributed by atoms with E-state index < -0.39 is 12.2 Å². The second-order valence-electron chi connectivity index (χ2n) is 7.07. The highest BCUT2D eigenvalue weighted by molar-refractivity contribution is 9.10. The summed E-state index contributed by atoms with van der Waals surface area (Å²) >= 11 is 9.87. The highest BCUT2D eigenvalue weighted by Crippen LogP contribution is 2.35. The fraction of sp³-hybridized carbons (Fsp3) is 0.250. The number of anilines is 1. The van der Waals surface area contributed by atoms with Crippen molar-refractivity contribution in [1.29, 1.82) is 0 Å². The van der Waals surface area contributed by atoms with Crippen LogP contribution in [-0.4, -0.2) is 43.4 Å². The summed E-state index contributed by atoms with van der Waals surface area (Å²) in [6.07, 6.45) is 3.74. The van der Waals surface area contributed by atoms with Crippen LogP contribution in [0.15, 0.2) is 47.5 Å². The molecule has 0 bridgehead atoms. The van der Waals surface area contributed by atoms with Gasteiger partial charge in [-0.3, -0.25) is 4.98 Å². The Morgan fingerprint density at radius 1 is 1.30 bits per heavy atom. The molecule has 3 N–H and O–H groups in total. The summed E-state index contributed by atoms with van der Waals surface area (Å²) in [4.78, 5) is 12.6. The number of hydrogen-bond donors (Lipinski definition) is 2. The van der Waals surface area contributed by atoms with Gasteiger partial charge in [-0.1, -0.05) is 11.6 Å². The second kappa shape index (κ2) is 7.66. The summed E-state index contributed by atoms with van der Waals surface area (Å²) in [7, 11) is 0. The average Bonchev–Trinajstić information content (AvgIpc) is 3.32. The van der Waals surface area contributed by atoms with E-state index in [1.807, 2.05) is 29.0 Å². The predicted octanol–water partition coefficient (Wildman–Crippen LogP) is 3.71. The van der Waals surface area contributed by atoms with Crippen molar-refractivity contribution in [3.8, 4) is 5.75 Å². The van der Waals surface area contributed by atoms with Crippen molar-refractivity contribution in [3.05, 3.63) is 52.5 Å². The third kappa shape index (κ3) is 3.37. The van der Waals surface area contributed by atoms with E-state index in [-0.39, 0.29) is 12.8 Å². The van der Waals surface area contributed by atoms with Crippen molar-refractivity contribution in [2.24, 2.45) is 0 Å². The molecule has 30 heavy (non-hydrogen) atoms. The number of aliphatic hydroxyl groups is 1. The third-order valence-corrected chi connectivity index (χ3v) is 5.98. The molecule has 1 saturated heterocycles. The molecule has 8 nitrogen and oxygen atoms in total. The lowest BCUT2D eigenvalue weighted by molar-refractivity contribution is -0.0379. The lowest BCUT2D eigenvalue weighted by Gasteiger charge is -2.17. The first-order valence-corrected chi connectivity index (χ1v) is 10.5. The number of nitrogens with two attached hydrogens (primary N) is 1. The Balaban J connectivity index is 1.33. The van der Waals surface area contributed by atoms with Crippen molar-refractivity contribution in [3.63, 3.8) is 0 Å². The van der Waals surface area contributed by atoms with Gasteiger partial charge in [-0.05, 0) is 40.2 Å². The highest BCUT2D eigenvalue weighted by Gasteiger charge is 2.36. The second-order valence-corrected chi connectivity index (χ2v) is 8.36. The molecule has 1 aliphatic rings. The molecular weight excluding hydrogens is 474 g/mol. The summed E-state index contributed by atoms with van der Waals surface area (Å²) in [5.41, 5.74) is 7.22. The van der Waals surface area contributed by atoms with Crippen LogP contribution in [0.1, 0.15) is 12.6 Å². The van der Waals surface area contributed by atoms with Crippen molar-refractivity contribution in [2.45, 2.75) is 24.9 Å². The molecule has 1 fully saturated rings. The quantitative estimate of drug-likeness (QED) is 0.449. The van der Waals surface area contributed by atoms with Gasteiger partial charge in [0.15, 0.2) is 0 Å². The van der Waals surface area contributed by atoms with Gasteiger partial charge in [0.05, 0.1) is 17.0 Å². The molecule has 4 aromatic rings. The highest BCUT2D eigenvalue weighted by atomic mass is 79.9. The number of nitrogens with zero attached hydrogens (tertiary/aromatic N) is 4. The van der Waals surface area contributed by atoms with Crippen LogP contribution in [0, 0.1) is 0 Å². The van der Waals surface area contributed by atoms with Crippen LogP contribution in [-0.2, 0) is 4.74 Å². The fourth-order valence-corrected chi connectivity index (χ4v) is 4.29. The number of fused-ring (bicyclic) bond motifs is 2. The van der Waals surface area contributed by atoms with Gasteiger partial charge < -0.3 is 24.9 Å². The Labute approximate surface area is 184 Å². The molecule has 10 heteroatoms. The molecule has 4 heterocycles. The number of ether oxygens (including phenoxy) is 2. The summed E-state index contributed by atoms with van der Waals surface area (Å²) in [5.74, 6) is 0.897. The first-order valence-electron chi connectivity index (χ1n) is 9.28. The number of nitrogen functional groups attached to an aromatic ring is 1. The van der Waals surface area contributed by atoms with Gasteiger partial charge in [-0.25, -0.2) is 9.97 Å². The monoisotopic (exact) mass is 489 g/mol. The molecular formula is C20H17BrClN5O3. The van der Waals surface area contributed by atoms with Gasteiger partial charge in [0.1, 0.15) is 47.5 Å². The molecule has 0 radical (unpaired) electrons. The van der Waals surface area contributed by atoms with Gasteiger partial charge in [0.2, 0.25) is 0 Å². The molecule has 0 amide bonds. The Morgan fingerprint density at radius 2 is 2.17 bits per heavy atom. The van der Waals surface area contributed by atoms with Crippen molar-refractivity contribution in [2.75, 3.05) is 12.3 Å². The van der Waals surface area contributed by atoms with Gasteiger partial charge in [0.25, 0.3) is 0 Å². The van der Waals surface area contributed by atoms with Crippen LogP contribution in [0.2, 0.25) is 5.02 Å². The largest absolute Gasteiger partial charge is 0.489 e. The summed E-state index contributed by atoms with van der Waals surface area (Å²) in [6.45, 7) is 0.149. The van der Waals surface area contributed by atoms with E-state index in [0.717, 1.165) is 15.2 Å². The Hall–Kier alpha value is -2.46. The van der Waals surface area contributed by atoms with E-state index in [1.165, 1.54) is 6.33 Å². The molecule has 0 saturated carbocycles. The minimum atomic E-state index is -0.694. The van der Waals surface area contributed by atoms with Crippen LogP contribution in [0.5, 0.6) is 5.75 Å². The van der Waals surface area contributed by atoms with E-state index in [0.29, 0.717) is 34.2 Å². The Kier molecular flexibility index (Phi) is 4.98. The molecule has 3 atom stereocenters. The zero-order valence-electron chi connectivity index (χ0n) is 15.6. The number of aliphatic hydroxyl groups excluding tert-OH is 1.